The number of ether oxygens (including phenoxy) is 1. The standard InChI is InChI=1S/C14H25N3O2S/c1-5-19-14(18)13-12(10-11(3)4)17(16-15-13)8-7-9-20-6-2/h11H,5-10H2,1-4H3. The molecule has 0 atom stereocenters. The number of rotatable bonds is 9. The lowest BCUT2D eigenvalue weighted by atomic mass is 10.1. The molecule has 0 aliphatic rings. The van der Waals surface area contributed by atoms with Crippen molar-refractivity contribution in [1.29, 1.82) is 0 Å². The number of carbonyl (C=O) groups excluding carboxylic acids is 1. The van der Waals surface area contributed by atoms with Crippen molar-refractivity contribution in [2.75, 3.05) is 18.1 Å². The van der Waals surface area contributed by atoms with Crippen molar-refractivity contribution in [2.24, 2.45) is 5.92 Å². The van der Waals surface area contributed by atoms with Crippen molar-refractivity contribution in [2.45, 2.75) is 47.1 Å². The second-order valence-corrected chi connectivity index (χ2v) is 6.37. The van der Waals surface area contributed by atoms with E-state index in [1.54, 1.807) is 6.92 Å². The highest BCUT2D eigenvalue weighted by Gasteiger charge is 2.21. The zero-order chi connectivity index (χ0) is 15.0. The van der Waals surface area contributed by atoms with Crippen LogP contribution >= 0.6 is 11.8 Å². The summed E-state index contributed by atoms with van der Waals surface area (Å²) >= 11 is 1.92. The third-order valence-corrected chi connectivity index (χ3v) is 3.76. The van der Waals surface area contributed by atoms with Gasteiger partial charge in [0.05, 0.1) is 12.3 Å². The molecule has 0 radical (unpaired) electrons. The van der Waals surface area contributed by atoms with Crippen LogP contribution in [0.2, 0.25) is 0 Å². The summed E-state index contributed by atoms with van der Waals surface area (Å²) in [5.74, 6) is 2.32. The Morgan fingerprint density at radius 2 is 2.15 bits per heavy atom. The van der Waals surface area contributed by atoms with Crippen LogP contribution in [0.1, 0.15) is 50.3 Å². The molecule has 0 saturated heterocycles. The Balaban J connectivity index is 2.79. The predicted molar refractivity (Wildman–Crippen MR) is 82.1 cm³/mol. The number of hydrogen-bond donors (Lipinski definition) is 0. The van der Waals surface area contributed by atoms with Crippen molar-refractivity contribution in [3.8, 4) is 0 Å². The lowest BCUT2D eigenvalue weighted by Crippen LogP contribution is -2.13. The third-order valence-electron chi connectivity index (χ3n) is 2.77. The van der Waals surface area contributed by atoms with Crippen LogP contribution in [-0.2, 0) is 17.7 Å². The van der Waals surface area contributed by atoms with E-state index in [1.807, 2.05) is 16.4 Å². The van der Waals surface area contributed by atoms with Gasteiger partial charge in [0.25, 0.3) is 0 Å². The van der Waals surface area contributed by atoms with Crippen LogP contribution in [0.25, 0.3) is 0 Å². The van der Waals surface area contributed by atoms with Gasteiger partial charge < -0.3 is 4.74 Å². The van der Waals surface area contributed by atoms with E-state index in [-0.39, 0.29) is 5.97 Å². The van der Waals surface area contributed by atoms with Gasteiger partial charge in [0.2, 0.25) is 0 Å². The maximum Gasteiger partial charge on any atom is 0.360 e. The predicted octanol–water partition coefficient (Wildman–Crippen LogP) is 2.80. The van der Waals surface area contributed by atoms with Crippen LogP contribution in [0.15, 0.2) is 0 Å². The highest BCUT2D eigenvalue weighted by molar-refractivity contribution is 7.99. The first-order chi connectivity index (χ1) is 9.60. The van der Waals surface area contributed by atoms with Gasteiger partial charge in [-0.15, -0.1) is 5.10 Å². The van der Waals surface area contributed by atoms with E-state index in [0.717, 1.165) is 36.6 Å². The molecule has 0 fully saturated rings. The van der Waals surface area contributed by atoms with Crippen LogP contribution in [0.4, 0.5) is 0 Å². The van der Waals surface area contributed by atoms with Gasteiger partial charge in [0.15, 0.2) is 5.69 Å². The minimum atomic E-state index is -0.364. The minimum Gasteiger partial charge on any atom is -0.461 e. The van der Waals surface area contributed by atoms with E-state index in [9.17, 15) is 4.79 Å². The van der Waals surface area contributed by atoms with Crippen molar-refractivity contribution in [1.82, 2.24) is 15.0 Å². The summed E-state index contributed by atoms with van der Waals surface area (Å²) in [5, 5.41) is 8.14. The minimum absolute atomic E-state index is 0.361. The third kappa shape index (κ3) is 5.15. The summed E-state index contributed by atoms with van der Waals surface area (Å²) in [7, 11) is 0. The number of esters is 1. The van der Waals surface area contributed by atoms with E-state index in [1.165, 1.54) is 0 Å². The molecule has 1 heterocycles. The number of thioether (sulfide) groups is 1. The molecule has 1 aromatic heterocycles. The van der Waals surface area contributed by atoms with Gasteiger partial charge >= 0.3 is 5.97 Å². The molecule has 0 aliphatic carbocycles. The molecule has 0 saturated carbocycles. The molecule has 0 aliphatic heterocycles. The van der Waals surface area contributed by atoms with E-state index in [4.69, 9.17) is 4.74 Å². The van der Waals surface area contributed by atoms with Gasteiger partial charge in [0, 0.05) is 6.54 Å². The van der Waals surface area contributed by atoms with Crippen LogP contribution in [0.5, 0.6) is 0 Å². The maximum atomic E-state index is 11.9. The van der Waals surface area contributed by atoms with Gasteiger partial charge in [-0.1, -0.05) is 26.0 Å². The van der Waals surface area contributed by atoms with E-state index in [2.05, 4.69) is 31.1 Å². The lowest BCUT2D eigenvalue weighted by Gasteiger charge is -2.09. The summed E-state index contributed by atoms with van der Waals surface area (Å²) in [6.07, 6.45) is 1.83. The highest BCUT2D eigenvalue weighted by atomic mass is 32.2. The molecule has 114 valence electrons. The number of hydrogen-bond acceptors (Lipinski definition) is 5. The van der Waals surface area contributed by atoms with Crippen molar-refractivity contribution in [3.63, 3.8) is 0 Å². The molecule has 0 amide bonds. The Morgan fingerprint density at radius 3 is 2.75 bits per heavy atom. The smallest absolute Gasteiger partial charge is 0.360 e. The second-order valence-electron chi connectivity index (χ2n) is 4.98. The first-order valence-corrected chi connectivity index (χ1v) is 8.42. The summed E-state index contributed by atoms with van der Waals surface area (Å²) in [6, 6.07) is 0. The molecule has 0 spiro atoms. The lowest BCUT2D eigenvalue weighted by molar-refractivity contribution is 0.0517. The molecular formula is C14H25N3O2S. The average molecular weight is 299 g/mol. The zero-order valence-electron chi connectivity index (χ0n) is 12.9. The normalized spacial score (nSPS) is 11.1. The van der Waals surface area contributed by atoms with Crippen molar-refractivity contribution < 1.29 is 9.53 Å². The Morgan fingerprint density at radius 1 is 1.40 bits per heavy atom. The topological polar surface area (TPSA) is 57.0 Å². The molecule has 5 nitrogen and oxygen atoms in total. The Kier molecular flexibility index (Phi) is 7.65. The summed E-state index contributed by atoms with van der Waals surface area (Å²) in [5.41, 5.74) is 1.28. The number of aromatic nitrogens is 3. The molecule has 0 unspecified atom stereocenters. The van der Waals surface area contributed by atoms with E-state index in [0.29, 0.717) is 18.2 Å². The second kappa shape index (κ2) is 9.00. The van der Waals surface area contributed by atoms with Gasteiger partial charge in [0.1, 0.15) is 0 Å². The molecule has 0 bridgehead atoms. The van der Waals surface area contributed by atoms with Crippen LogP contribution in [-0.4, -0.2) is 39.1 Å². The highest BCUT2D eigenvalue weighted by Crippen LogP contribution is 2.14. The Hall–Kier alpha value is -1.04. The van der Waals surface area contributed by atoms with E-state index >= 15 is 0 Å². The summed E-state index contributed by atoms with van der Waals surface area (Å²) in [4.78, 5) is 11.9. The largest absolute Gasteiger partial charge is 0.461 e. The first-order valence-electron chi connectivity index (χ1n) is 7.27. The average Bonchev–Trinajstić information content (AvgIpc) is 2.77. The monoisotopic (exact) mass is 299 g/mol. The van der Waals surface area contributed by atoms with Crippen LogP contribution in [0, 0.1) is 5.92 Å². The molecule has 20 heavy (non-hydrogen) atoms. The Labute approximate surface area is 125 Å². The van der Waals surface area contributed by atoms with Crippen molar-refractivity contribution >= 4 is 17.7 Å². The van der Waals surface area contributed by atoms with Crippen molar-refractivity contribution in [3.05, 3.63) is 11.4 Å². The maximum absolute atomic E-state index is 11.9. The fourth-order valence-electron chi connectivity index (χ4n) is 1.92. The molecule has 0 N–H and O–H groups in total. The fourth-order valence-corrected chi connectivity index (χ4v) is 2.54. The SMILES string of the molecule is CCOC(=O)c1nnn(CCCSCC)c1CC(C)C. The molecular weight excluding hydrogens is 274 g/mol. The molecule has 0 aromatic carbocycles. The van der Waals surface area contributed by atoms with Gasteiger partial charge in [-0.05, 0) is 37.2 Å². The number of aryl methyl sites for hydroxylation is 1. The summed E-state index contributed by atoms with van der Waals surface area (Å²) in [6.45, 7) is 9.37. The quantitative estimate of drug-likeness (QED) is 0.518. The Bertz CT molecular complexity index is 419. The molecule has 1 rings (SSSR count). The first kappa shape index (κ1) is 17.0. The van der Waals surface area contributed by atoms with Crippen LogP contribution < -0.4 is 0 Å². The van der Waals surface area contributed by atoms with Gasteiger partial charge in [-0.3, -0.25) is 0 Å². The fraction of sp³-hybridized carbons (Fsp3) is 0.786. The number of nitrogens with zero attached hydrogens (tertiary/aromatic N) is 3. The summed E-state index contributed by atoms with van der Waals surface area (Å²) < 4.78 is 6.91. The van der Waals surface area contributed by atoms with Crippen LogP contribution in [0.3, 0.4) is 0 Å². The van der Waals surface area contributed by atoms with Gasteiger partial charge in [-0.25, -0.2) is 9.48 Å². The molecule has 6 heteroatoms. The molecule has 1 aromatic rings. The van der Waals surface area contributed by atoms with Gasteiger partial charge in [-0.2, -0.15) is 11.8 Å². The van der Waals surface area contributed by atoms with E-state index < -0.39 is 0 Å². The zero-order valence-corrected chi connectivity index (χ0v) is 13.7. The number of carbonyl (C=O) groups is 1.